The van der Waals surface area contributed by atoms with Gasteiger partial charge in [0, 0.05) is 18.0 Å². The summed E-state index contributed by atoms with van der Waals surface area (Å²) in [5, 5.41) is 5.22. The first-order valence-electron chi connectivity index (χ1n) is 11.3. The zero-order valence-corrected chi connectivity index (χ0v) is 20.3. The lowest BCUT2D eigenvalue weighted by atomic mass is 10.1. The minimum atomic E-state index is -0.352. The highest BCUT2D eigenvalue weighted by Crippen LogP contribution is 2.33. The number of fused-ring (bicyclic) bond motifs is 2. The molecule has 1 N–H and O–H groups in total. The lowest BCUT2D eigenvalue weighted by molar-refractivity contribution is 0.629. The molecule has 1 saturated carbocycles. The van der Waals surface area contributed by atoms with E-state index in [0.717, 1.165) is 52.2 Å². The molecule has 3 aliphatic rings. The molecule has 3 aromatic rings. The Balaban J connectivity index is 1.66. The average molecular weight is 504 g/mol. The number of halogens is 3. The summed E-state index contributed by atoms with van der Waals surface area (Å²) in [6, 6.07) is 18.2. The fourth-order valence-electron chi connectivity index (χ4n) is 4.14. The van der Waals surface area contributed by atoms with E-state index < -0.39 is 0 Å². The van der Waals surface area contributed by atoms with Gasteiger partial charge in [-0.15, -0.1) is 0 Å². The third-order valence-corrected chi connectivity index (χ3v) is 6.80. The summed E-state index contributed by atoms with van der Waals surface area (Å²) in [7, 11) is 0. The molecule has 174 valence electrons. The van der Waals surface area contributed by atoms with Crippen LogP contribution >= 0.6 is 23.2 Å². The van der Waals surface area contributed by atoms with Crippen molar-refractivity contribution < 1.29 is 4.39 Å². The fraction of sp³-hybridized carbons (Fsp3) is 0.148. The first kappa shape index (κ1) is 22.0. The number of pyridine rings is 1. The van der Waals surface area contributed by atoms with Gasteiger partial charge >= 0.3 is 0 Å². The number of benzene rings is 3. The van der Waals surface area contributed by atoms with Crippen LogP contribution in [0.5, 0.6) is 0 Å². The summed E-state index contributed by atoms with van der Waals surface area (Å²) in [4.78, 5) is 14.2. The van der Waals surface area contributed by atoms with Gasteiger partial charge in [-0.05, 0) is 74.4 Å². The molecule has 6 rings (SSSR count). The van der Waals surface area contributed by atoms with Crippen molar-refractivity contribution >= 4 is 45.6 Å². The Morgan fingerprint density at radius 1 is 1.00 bits per heavy atom. The summed E-state index contributed by atoms with van der Waals surface area (Å²) in [5.74, 6) is -0.352. The van der Waals surface area contributed by atoms with Crippen LogP contribution in [0.3, 0.4) is 0 Å². The molecule has 0 bridgehead atoms. The smallest absolute Gasteiger partial charge is 0.125 e. The molecule has 1 aliphatic heterocycles. The summed E-state index contributed by atoms with van der Waals surface area (Å²) < 4.78 is 16.2. The molecule has 2 aliphatic carbocycles. The van der Waals surface area contributed by atoms with E-state index in [9.17, 15) is 4.39 Å². The summed E-state index contributed by atoms with van der Waals surface area (Å²) in [6.07, 6.45) is 3.91. The van der Waals surface area contributed by atoms with Crippen LogP contribution in [-0.2, 0) is 0 Å². The van der Waals surface area contributed by atoms with E-state index in [1.807, 2.05) is 41.8 Å². The first-order chi connectivity index (χ1) is 17.0. The highest BCUT2D eigenvalue weighted by molar-refractivity contribution is 6.42. The Morgan fingerprint density at radius 2 is 1.86 bits per heavy atom. The van der Waals surface area contributed by atoms with Crippen molar-refractivity contribution in [2.45, 2.75) is 25.8 Å². The molecule has 1 aromatic heterocycles. The number of nitrogens with one attached hydrogen (secondary N) is 1. The maximum atomic E-state index is 14.2. The first-order valence-corrected chi connectivity index (χ1v) is 12.1. The molecule has 1 fully saturated rings. The van der Waals surface area contributed by atoms with Gasteiger partial charge in [0.05, 0.1) is 60.9 Å². The lowest BCUT2D eigenvalue weighted by Gasteiger charge is -2.21. The van der Waals surface area contributed by atoms with E-state index in [0.29, 0.717) is 27.3 Å². The second-order valence-electron chi connectivity index (χ2n) is 8.66. The monoisotopic (exact) mass is 503 g/mol. The quantitative estimate of drug-likeness (QED) is 0.266. The van der Waals surface area contributed by atoms with Gasteiger partial charge in [0.25, 0.3) is 0 Å². The second kappa shape index (κ2) is 8.63. The van der Waals surface area contributed by atoms with E-state index in [1.165, 1.54) is 12.1 Å². The average Bonchev–Trinajstić information content (AvgIpc) is 3.65. The Hall–Kier alpha value is -3.48. The zero-order valence-electron chi connectivity index (χ0n) is 18.8. The minimum absolute atomic E-state index is 0.309. The maximum Gasteiger partial charge on any atom is 0.125 e. The van der Waals surface area contributed by atoms with Gasteiger partial charge in [-0.25, -0.2) is 9.37 Å². The van der Waals surface area contributed by atoms with E-state index in [1.54, 1.807) is 24.4 Å². The normalized spacial score (nSPS) is 14.1. The predicted octanol–water partition coefficient (Wildman–Crippen LogP) is 7.09. The molecular formula is C27H20Cl2FN5. The van der Waals surface area contributed by atoms with Gasteiger partial charge in [0.1, 0.15) is 5.82 Å². The SMILES string of the molecule is Cc1ncccc1Nc1cc2nc3cc(F)ccc3n(-c3ccc(Cl)c(Cl)c3)c-2cc1=NC1CC1. The molecule has 0 unspecified atom stereocenters. The highest BCUT2D eigenvalue weighted by Gasteiger charge is 2.22. The van der Waals surface area contributed by atoms with E-state index in [4.69, 9.17) is 33.2 Å². The van der Waals surface area contributed by atoms with Gasteiger partial charge in [-0.3, -0.25) is 9.98 Å². The van der Waals surface area contributed by atoms with E-state index in [-0.39, 0.29) is 5.82 Å². The molecule has 8 heteroatoms. The molecule has 0 amide bonds. The van der Waals surface area contributed by atoms with Gasteiger partial charge in [0.2, 0.25) is 0 Å². The number of hydrogen-bond donors (Lipinski definition) is 1. The van der Waals surface area contributed by atoms with Crippen molar-refractivity contribution in [3.63, 3.8) is 0 Å². The summed E-state index contributed by atoms with van der Waals surface area (Å²) in [5.41, 5.74) is 6.18. The van der Waals surface area contributed by atoms with Crippen LogP contribution in [0.25, 0.3) is 28.1 Å². The number of rotatable bonds is 4. The van der Waals surface area contributed by atoms with Crippen molar-refractivity contribution in [1.29, 1.82) is 0 Å². The van der Waals surface area contributed by atoms with E-state index >= 15 is 0 Å². The van der Waals surface area contributed by atoms with Crippen molar-refractivity contribution in [2.75, 3.05) is 5.32 Å². The van der Waals surface area contributed by atoms with Crippen LogP contribution in [0.4, 0.5) is 15.8 Å². The molecule has 2 heterocycles. The number of aryl methyl sites for hydroxylation is 1. The number of aromatic nitrogens is 3. The largest absolute Gasteiger partial charge is 0.352 e. The van der Waals surface area contributed by atoms with Crippen LogP contribution in [0, 0.1) is 12.7 Å². The highest BCUT2D eigenvalue weighted by atomic mass is 35.5. The molecule has 0 saturated heterocycles. The van der Waals surface area contributed by atoms with Crippen LogP contribution in [0.15, 0.2) is 71.9 Å². The number of hydrogen-bond acceptors (Lipinski definition) is 4. The third kappa shape index (κ3) is 4.24. The predicted molar refractivity (Wildman–Crippen MR) is 139 cm³/mol. The zero-order chi connectivity index (χ0) is 24.1. The molecular weight excluding hydrogens is 484 g/mol. The van der Waals surface area contributed by atoms with Crippen LogP contribution in [0.2, 0.25) is 10.0 Å². The second-order valence-corrected chi connectivity index (χ2v) is 9.47. The minimum Gasteiger partial charge on any atom is -0.352 e. The van der Waals surface area contributed by atoms with Crippen LogP contribution in [-0.4, -0.2) is 20.6 Å². The topological polar surface area (TPSA) is 55.1 Å². The molecule has 0 atom stereocenters. The van der Waals surface area contributed by atoms with Crippen LogP contribution < -0.4 is 10.7 Å². The lowest BCUT2D eigenvalue weighted by Crippen LogP contribution is -2.16. The summed E-state index contributed by atoms with van der Waals surface area (Å²) >= 11 is 12.6. The van der Waals surface area contributed by atoms with Gasteiger partial charge in [0.15, 0.2) is 0 Å². The Bertz CT molecular complexity index is 1640. The van der Waals surface area contributed by atoms with Crippen molar-refractivity contribution in [3.05, 3.63) is 93.8 Å². The van der Waals surface area contributed by atoms with Gasteiger partial charge < -0.3 is 9.88 Å². The Kier molecular flexibility index (Phi) is 5.43. The van der Waals surface area contributed by atoms with Crippen molar-refractivity contribution in [3.8, 4) is 17.1 Å². The maximum absolute atomic E-state index is 14.2. The van der Waals surface area contributed by atoms with Crippen LogP contribution in [0.1, 0.15) is 18.5 Å². The Morgan fingerprint density at radius 3 is 2.63 bits per heavy atom. The fourth-order valence-corrected chi connectivity index (χ4v) is 4.43. The number of anilines is 2. The number of nitrogens with zero attached hydrogens (tertiary/aromatic N) is 4. The van der Waals surface area contributed by atoms with Gasteiger partial charge in [-0.2, -0.15) is 0 Å². The molecule has 0 spiro atoms. The van der Waals surface area contributed by atoms with E-state index in [2.05, 4.69) is 10.3 Å². The van der Waals surface area contributed by atoms with Crippen molar-refractivity contribution in [1.82, 2.24) is 14.5 Å². The van der Waals surface area contributed by atoms with Crippen molar-refractivity contribution in [2.24, 2.45) is 4.99 Å². The van der Waals surface area contributed by atoms with Gasteiger partial charge in [-0.1, -0.05) is 23.2 Å². The summed E-state index contributed by atoms with van der Waals surface area (Å²) in [6.45, 7) is 1.95. The molecule has 35 heavy (non-hydrogen) atoms. The molecule has 2 aromatic carbocycles. The Labute approximate surface area is 211 Å². The third-order valence-electron chi connectivity index (χ3n) is 6.06. The standard InChI is InChI=1S/C27H20Cl2FN5/c1-15-21(3-2-10-31-15)33-22-13-25-27(14-23(22)32-17-5-6-17)35(18-7-8-19(28)20(29)12-18)26-9-4-16(30)11-24(26)34-25/h2-4,7-14,17,33H,5-6H2,1H3. The molecule has 0 radical (unpaired) electrons. The molecule has 5 nitrogen and oxygen atoms in total.